The van der Waals surface area contributed by atoms with Crippen LogP contribution in [-0.2, 0) is 9.59 Å². The van der Waals surface area contributed by atoms with Crippen molar-refractivity contribution in [3.05, 3.63) is 31.7 Å². The number of nitrogens with one attached hydrogen (secondary N) is 1. The van der Waals surface area contributed by atoms with Gasteiger partial charge in [-0.05, 0) is 78.2 Å². The Morgan fingerprint density at radius 1 is 1.29 bits per heavy atom. The number of anilines is 1. The monoisotopic (exact) mass is 454 g/mol. The smallest absolute Gasteiger partial charge is 0.290 e. The minimum Gasteiger partial charge on any atom is -0.302 e. The molecule has 0 saturated carbocycles. The molecule has 7 heteroatoms. The summed E-state index contributed by atoms with van der Waals surface area (Å²) < 4.78 is 1.02. The van der Waals surface area contributed by atoms with E-state index in [-0.39, 0.29) is 16.4 Å². The lowest BCUT2D eigenvalue weighted by molar-refractivity contribution is -0.116. The standard InChI is InChI=1S/C17H15IN2O3S/c1-7-6-17(2,3)20-12-9(7)4-8(18)5-10(12)11(15(20)22)13-14(21)19-16(23)24-13/h4-5,7H,6H2,1-3H3,(H,19,21,23)/b13-11-. The molecule has 124 valence electrons. The average molecular weight is 454 g/mol. The van der Waals surface area contributed by atoms with Crippen LogP contribution in [0.2, 0.25) is 0 Å². The van der Waals surface area contributed by atoms with Crippen LogP contribution in [0.15, 0.2) is 17.0 Å². The molecule has 1 aromatic rings. The number of hydrogen-bond donors (Lipinski definition) is 1. The summed E-state index contributed by atoms with van der Waals surface area (Å²) in [7, 11) is 0. The molecular formula is C17H15IN2O3S. The predicted molar refractivity (Wildman–Crippen MR) is 102 cm³/mol. The molecule has 5 nitrogen and oxygen atoms in total. The zero-order valence-corrected chi connectivity index (χ0v) is 16.4. The number of imide groups is 1. The summed E-state index contributed by atoms with van der Waals surface area (Å²) in [6, 6.07) is 4.05. The van der Waals surface area contributed by atoms with Crippen LogP contribution in [0.25, 0.3) is 5.57 Å². The molecule has 0 aromatic heterocycles. The fourth-order valence-corrected chi connectivity index (χ4v) is 5.41. The first-order chi connectivity index (χ1) is 11.2. The summed E-state index contributed by atoms with van der Waals surface area (Å²) in [6.45, 7) is 6.26. The third-order valence-electron chi connectivity index (χ3n) is 4.80. The molecule has 1 saturated heterocycles. The molecule has 1 N–H and O–H groups in total. The molecule has 4 rings (SSSR count). The van der Waals surface area contributed by atoms with E-state index in [1.54, 1.807) is 0 Å². The van der Waals surface area contributed by atoms with E-state index in [0.29, 0.717) is 11.5 Å². The highest BCUT2D eigenvalue weighted by Crippen LogP contribution is 2.53. The number of thioether (sulfide) groups is 1. The first-order valence-corrected chi connectivity index (χ1v) is 9.56. The van der Waals surface area contributed by atoms with Crippen LogP contribution in [0, 0.1) is 3.57 Å². The van der Waals surface area contributed by atoms with Crippen molar-refractivity contribution in [2.75, 3.05) is 4.90 Å². The Labute approximate surface area is 157 Å². The van der Waals surface area contributed by atoms with Gasteiger partial charge < -0.3 is 4.90 Å². The molecule has 3 aliphatic rings. The fraction of sp³-hybridized carbons (Fsp3) is 0.353. The lowest BCUT2D eigenvalue weighted by atomic mass is 9.80. The van der Waals surface area contributed by atoms with Crippen LogP contribution in [0.1, 0.15) is 44.2 Å². The summed E-state index contributed by atoms with van der Waals surface area (Å²) >= 11 is 3.05. The fourth-order valence-electron chi connectivity index (χ4n) is 3.99. The molecule has 1 atom stereocenters. The maximum absolute atomic E-state index is 13.2. The van der Waals surface area contributed by atoms with Crippen LogP contribution in [-0.4, -0.2) is 22.6 Å². The second-order valence-corrected chi connectivity index (χ2v) is 9.23. The molecule has 1 aromatic carbocycles. The largest absolute Gasteiger partial charge is 0.302 e. The van der Waals surface area contributed by atoms with Gasteiger partial charge in [0, 0.05) is 14.7 Å². The van der Waals surface area contributed by atoms with E-state index in [9.17, 15) is 14.4 Å². The van der Waals surface area contributed by atoms with Crippen molar-refractivity contribution in [2.24, 2.45) is 0 Å². The van der Waals surface area contributed by atoms with Gasteiger partial charge in [-0.25, -0.2) is 0 Å². The third-order valence-corrected chi connectivity index (χ3v) is 6.30. The molecule has 1 fully saturated rings. The Bertz CT molecular complexity index is 875. The minimum atomic E-state index is -0.480. The summed E-state index contributed by atoms with van der Waals surface area (Å²) in [6.07, 6.45) is 0.853. The van der Waals surface area contributed by atoms with Crippen LogP contribution < -0.4 is 10.2 Å². The van der Waals surface area contributed by atoms with Gasteiger partial charge in [-0.3, -0.25) is 19.7 Å². The van der Waals surface area contributed by atoms with Gasteiger partial charge >= 0.3 is 0 Å². The Morgan fingerprint density at radius 3 is 2.62 bits per heavy atom. The van der Waals surface area contributed by atoms with Crippen molar-refractivity contribution < 1.29 is 14.4 Å². The van der Waals surface area contributed by atoms with Crippen molar-refractivity contribution in [3.8, 4) is 0 Å². The van der Waals surface area contributed by atoms with Crippen LogP contribution >= 0.6 is 34.4 Å². The van der Waals surface area contributed by atoms with Gasteiger partial charge in [0.25, 0.3) is 17.1 Å². The Kier molecular flexibility index (Phi) is 3.41. The Balaban J connectivity index is 2.06. The molecule has 0 spiro atoms. The lowest BCUT2D eigenvalue weighted by Gasteiger charge is -2.43. The summed E-state index contributed by atoms with van der Waals surface area (Å²) in [5.74, 6) is -0.340. The van der Waals surface area contributed by atoms with E-state index >= 15 is 0 Å². The topological polar surface area (TPSA) is 66.5 Å². The van der Waals surface area contributed by atoms with E-state index in [1.165, 1.54) is 0 Å². The number of rotatable bonds is 0. The molecule has 0 aliphatic carbocycles. The Hall–Kier alpha value is -1.35. The summed E-state index contributed by atoms with van der Waals surface area (Å²) in [4.78, 5) is 39.0. The number of carbonyl (C=O) groups excluding carboxylic acids is 3. The highest BCUT2D eigenvalue weighted by molar-refractivity contribution is 14.1. The van der Waals surface area contributed by atoms with E-state index in [1.807, 2.05) is 24.8 Å². The van der Waals surface area contributed by atoms with E-state index < -0.39 is 11.1 Å². The first kappa shape index (κ1) is 16.1. The zero-order chi connectivity index (χ0) is 17.4. The van der Waals surface area contributed by atoms with Gasteiger partial charge in [0.1, 0.15) is 0 Å². The van der Waals surface area contributed by atoms with E-state index in [2.05, 4.69) is 40.9 Å². The quantitative estimate of drug-likeness (QED) is 0.481. The van der Waals surface area contributed by atoms with Crippen LogP contribution in [0.3, 0.4) is 0 Å². The van der Waals surface area contributed by atoms with Crippen molar-refractivity contribution in [3.63, 3.8) is 0 Å². The molecule has 3 amide bonds. The van der Waals surface area contributed by atoms with Gasteiger partial charge in [0.15, 0.2) is 0 Å². The number of amides is 3. The molecule has 3 aliphatic heterocycles. The maximum atomic E-state index is 13.2. The van der Waals surface area contributed by atoms with Crippen molar-refractivity contribution in [1.29, 1.82) is 0 Å². The predicted octanol–water partition coefficient (Wildman–Crippen LogP) is 3.62. The van der Waals surface area contributed by atoms with Crippen molar-refractivity contribution >= 4 is 62.7 Å². The van der Waals surface area contributed by atoms with Crippen molar-refractivity contribution in [1.82, 2.24) is 5.32 Å². The number of carbonyl (C=O) groups is 3. The lowest BCUT2D eigenvalue weighted by Crippen LogP contribution is -2.49. The normalized spacial score (nSPS) is 27.6. The first-order valence-electron chi connectivity index (χ1n) is 7.66. The number of hydrogen-bond acceptors (Lipinski definition) is 4. The van der Waals surface area contributed by atoms with Crippen LogP contribution in [0.5, 0.6) is 0 Å². The minimum absolute atomic E-state index is 0.183. The summed E-state index contributed by atoms with van der Waals surface area (Å²) in [5.41, 5.74) is 2.83. The molecule has 24 heavy (non-hydrogen) atoms. The maximum Gasteiger partial charge on any atom is 0.290 e. The van der Waals surface area contributed by atoms with Gasteiger partial charge in [-0.15, -0.1) is 0 Å². The SMILES string of the molecule is CC1CC(C)(C)N2C(=O)/C(=C3\SC(=O)NC3=O)c3cc(I)cc1c32. The Morgan fingerprint density at radius 2 is 2.00 bits per heavy atom. The number of benzene rings is 1. The highest BCUT2D eigenvalue weighted by atomic mass is 127. The molecule has 1 unspecified atom stereocenters. The second kappa shape index (κ2) is 5.08. The zero-order valence-electron chi connectivity index (χ0n) is 13.4. The molecule has 0 bridgehead atoms. The van der Waals surface area contributed by atoms with E-state index in [4.69, 9.17) is 0 Å². The molecular weight excluding hydrogens is 439 g/mol. The van der Waals surface area contributed by atoms with Gasteiger partial charge in [-0.2, -0.15) is 0 Å². The number of nitrogens with zero attached hydrogens (tertiary/aromatic N) is 1. The van der Waals surface area contributed by atoms with Crippen LogP contribution in [0.4, 0.5) is 10.5 Å². The summed E-state index contributed by atoms with van der Waals surface area (Å²) in [5, 5.41) is 1.83. The van der Waals surface area contributed by atoms with Crippen molar-refractivity contribution in [2.45, 2.75) is 38.6 Å². The number of halogens is 1. The average Bonchev–Trinajstić information content (AvgIpc) is 2.92. The van der Waals surface area contributed by atoms with Gasteiger partial charge in [0.2, 0.25) is 0 Å². The second-order valence-electron chi connectivity index (χ2n) is 7.00. The molecule has 3 heterocycles. The molecule has 0 radical (unpaired) electrons. The van der Waals surface area contributed by atoms with Gasteiger partial charge in [0.05, 0.1) is 16.2 Å². The third kappa shape index (κ3) is 2.10. The highest BCUT2D eigenvalue weighted by Gasteiger charge is 2.49. The van der Waals surface area contributed by atoms with Gasteiger partial charge in [-0.1, -0.05) is 6.92 Å². The van der Waals surface area contributed by atoms with E-state index in [0.717, 1.165) is 38.6 Å².